The molecule has 1 N–H and O–H groups in total. The van der Waals surface area contributed by atoms with Gasteiger partial charge in [0.1, 0.15) is 11.9 Å². The van der Waals surface area contributed by atoms with Crippen LogP contribution in [0.1, 0.15) is 11.6 Å². The molecule has 4 nitrogen and oxygen atoms in total. The van der Waals surface area contributed by atoms with Crippen LogP contribution in [0.15, 0.2) is 29.8 Å². The maximum absolute atomic E-state index is 14.0. The van der Waals surface area contributed by atoms with E-state index in [2.05, 4.69) is 10.3 Å². The van der Waals surface area contributed by atoms with Gasteiger partial charge < -0.3 is 5.32 Å². The van der Waals surface area contributed by atoms with Crippen LogP contribution in [0.3, 0.4) is 0 Å². The Morgan fingerprint density at radius 3 is 2.80 bits per heavy atom. The highest BCUT2D eigenvalue weighted by molar-refractivity contribution is 7.13. The summed E-state index contributed by atoms with van der Waals surface area (Å²) in [5.74, 6) is -0.887. The summed E-state index contributed by atoms with van der Waals surface area (Å²) in [6.07, 6.45) is 1.58. The summed E-state index contributed by atoms with van der Waals surface area (Å²) in [7, 11) is 3.38. The van der Waals surface area contributed by atoms with Gasteiger partial charge in [0, 0.05) is 22.2 Å². The Balaban J connectivity index is 2.34. The first-order valence-electron chi connectivity index (χ1n) is 5.81. The summed E-state index contributed by atoms with van der Waals surface area (Å²) in [5.41, 5.74) is 0.160. The molecule has 7 heteroatoms. The average molecular weight is 314 g/mol. The Kier molecular flexibility index (Phi) is 4.69. The number of carbonyl (C=O) groups is 1. The molecule has 0 aliphatic heterocycles. The summed E-state index contributed by atoms with van der Waals surface area (Å²) in [6.45, 7) is 0. The van der Waals surface area contributed by atoms with Crippen molar-refractivity contribution in [2.75, 3.05) is 19.4 Å². The number of anilines is 1. The number of nitrogens with zero attached hydrogens (tertiary/aromatic N) is 2. The molecule has 1 aromatic carbocycles. The zero-order valence-corrected chi connectivity index (χ0v) is 12.5. The Bertz CT molecular complexity index is 583. The zero-order chi connectivity index (χ0) is 14.7. The fourth-order valence-corrected chi connectivity index (χ4v) is 2.65. The molecule has 0 spiro atoms. The molecule has 106 valence electrons. The second-order valence-electron chi connectivity index (χ2n) is 4.33. The molecule has 0 fully saturated rings. The maximum Gasteiger partial charge on any atom is 0.248 e. The van der Waals surface area contributed by atoms with Crippen LogP contribution in [0.25, 0.3) is 0 Å². The molecular formula is C13H13ClFN3OS. The number of aromatic nitrogens is 1. The molecule has 2 aromatic rings. The fraction of sp³-hybridized carbons (Fsp3) is 0.231. The molecule has 1 atom stereocenters. The Labute approximate surface area is 125 Å². The second-order valence-corrected chi connectivity index (χ2v) is 5.63. The lowest BCUT2D eigenvalue weighted by Gasteiger charge is -2.24. The van der Waals surface area contributed by atoms with Crippen LogP contribution in [-0.2, 0) is 4.79 Å². The van der Waals surface area contributed by atoms with Gasteiger partial charge >= 0.3 is 0 Å². The van der Waals surface area contributed by atoms with Crippen LogP contribution < -0.4 is 5.32 Å². The fourth-order valence-electron chi connectivity index (χ4n) is 1.85. The van der Waals surface area contributed by atoms with Crippen molar-refractivity contribution in [3.63, 3.8) is 0 Å². The lowest BCUT2D eigenvalue weighted by molar-refractivity contribution is -0.120. The normalized spacial score (nSPS) is 12.4. The van der Waals surface area contributed by atoms with Crippen LogP contribution in [0.2, 0.25) is 5.02 Å². The van der Waals surface area contributed by atoms with E-state index < -0.39 is 11.9 Å². The second kappa shape index (κ2) is 6.30. The van der Waals surface area contributed by atoms with Gasteiger partial charge in [-0.2, -0.15) is 0 Å². The summed E-state index contributed by atoms with van der Waals surface area (Å²) < 4.78 is 14.0. The lowest BCUT2D eigenvalue weighted by atomic mass is 10.0. The molecule has 2 rings (SSSR count). The highest BCUT2D eigenvalue weighted by atomic mass is 35.5. The van der Waals surface area contributed by atoms with Gasteiger partial charge in [0.15, 0.2) is 5.13 Å². The van der Waals surface area contributed by atoms with Crippen LogP contribution in [0, 0.1) is 5.82 Å². The average Bonchev–Trinajstić information content (AvgIpc) is 2.86. The molecule has 1 amide bonds. The molecular weight excluding hydrogens is 301 g/mol. The van der Waals surface area contributed by atoms with E-state index in [-0.39, 0.29) is 16.5 Å². The van der Waals surface area contributed by atoms with Gasteiger partial charge in [0.05, 0.1) is 0 Å². The monoisotopic (exact) mass is 313 g/mol. The third-order valence-corrected chi connectivity index (χ3v) is 3.72. The highest BCUT2D eigenvalue weighted by Crippen LogP contribution is 2.30. The molecule has 0 aliphatic carbocycles. The number of thiazole rings is 1. The highest BCUT2D eigenvalue weighted by Gasteiger charge is 2.28. The summed E-state index contributed by atoms with van der Waals surface area (Å²) in [6, 6.07) is 3.53. The minimum Gasteiger partial charge on any atom is -0.300 e. The van der Waals surface area contributed by atoms with Gasteiger partial charge in [-0.05, 0) is 26.2 Å². The summed E-state index contributed by atoms with van der Waals surface area (Å²) in [4.78, 5) is 17.9. The Morgan fingerprint density at radius 1 is 1.50 bits per heavy atom. The van der Waals surface area contributed by atoms with Crippen molar-refractivity contribution < 1.29 is 9.18 Å². The first-order valence-corrected chi connectivity index (χ1v) is 7.07. The number of hydrogen-bond donors (Lipinski definition) is 1. The van der Waals surface area contributed by atoms with Crippen molar-refractivity contribution in [2.45, 2.75) is 6.04 Å². The molecule has 1 aromatic heterocycles. The van der Waals surface area contributed by atoms with Gasteiger partial charge in [-0.3, -0.25) is 9.69 Å². The summed E-state index contributed by atoms with van der Waals surface area (Å²) in [5, 5.41) is 5.09. The number of likely N-dealkylation sites (N-methyl/N-ethyl adjacent to an activating group) is 1. The number of benzene rings is 1. The van der Waals surface area contributed by atoms with E-state index in [1.54, 1.807) is 36.6 Å². The van der Waals surface area contributed by atoms with Crippen molar-refractivity contribution in [3.05, 3.63) is 46.2 Å². The van der Waals surface area contributed by atoms with E-state index in [0.29, 0.717) is 5.13 Å². The first-order chi connectivity index (χ1) is 9.50. The van der Waals surface area contributed by atoms with Crippen molar-refractivity contribution in [1.82, 2.24) is 9.88 Å². The molecule has 0 saturated heterocycles. The number of amides is 1. The molecule has 0 aliphatic rings. The number of rotatable bonds is 4. The molecule has 0 saturated carbocycles. The third kappa shape index (κ3) is 3.15. The van der Waals surface area contributed by atoms with E-state index in [0.717, 1.165) is 0 Å². The van der Waals surface area contributed by atoms with Crippen LogP contribution in [0.5, 0.6) is 0 Å². The smallest absolute Gasteiger partial charge is 0.248 e. The maximum atomic E-state index is 14.0. The minimum absolute atomic E-state index is 0.160. The topological polar surface area (TPSA) is 45.2 Å². The van der Waals surface area contributed by atoms with Crippen molar-refractivity contribution in [1.29, 1.82) is 0 Å². The lowest BCUT2D eigenvalue weighted by Crippen LogP contribution is -2.33. The molecule has 0 bridgehead atoms. The quantitative estimate of drug-likeness (QED) is 0.943. The zero-order valence-electron chi connectivity index (χ0n) is 10.9. The van der Waals surface area contributed by atoms with Crippen molar-refractivity contribution in [3.8, 4) is 0 Å². The van der Waals surface area contributed by atoms with E-state index >= 15 is 0 Å². The molecule has 0 radical (unpaired) electrons. The van der Waals surface area contributed by atoms with Gasteiger partial charge in [-0.15, -0.1) is 11.3 Å². The van der Waals surface area contributed by atoms with Gasteiger partial charge in [-0.1, -0.05) is 17.7 Å². The Hall–Kier alpha value is -1.50. The van der Waals surface area contributed by atoms with Crippen molar-refractivity contribution in [2.24, 2.45) is 0 Å². The standard InChI is InChI=1S/C13H13ClFN3OS/c1-18(2)11(10-8(14)4-3-5-9(10)15)12(19)17-13-16-6-7-20-13/h3-7,11H,1-2H3,(H,16,17,19)/t11-/m1/s1. The van der Waals surface area contributed by atoms with Gasteiger partial charge in [0.25, 0.3) is 0 Å². The van der Waals surface area contributed by atoms with Gasteiger partial charge in [-0.25, -0.2) is 9.37 Å². The van der Waals surface area contributed by atoms with Crippen LogP contribution in [-0.4, -0.2) is 29.9 Å². The van der Waals surface area contributed by atoms with Crippen LogP contribution >= 0.6 is 22.9 Å². The SMILES string of the molecule is CN(C)[C@@H](C(=O)Nc1nccs1)c1c(F)cccc1Cl. The number of carbonyl (C=O) groups excluding carboxylic acids is 1. The van der Waals surface area contributed by atoms with Gasteiger partial charge in [0.2, 0.25) is 5.91 Å². The predicted octanol–water partition coefficient (Wildman–Crippen LogP) is 3.18. The van der Waals surface area contributed by atoms with Crippen molar-refractivity contribution >= 4 is 34.0 Å². The molecule has 0 unspecified atom stereocenters. The minimum atomic E-state index is -0.826. The summed E-state index contributed by atoms with van der Waals surface area (Å²) >= 11 is 7.33. The Morgan fingerprint density at radius 2 is 2.25 bits per heavy atom. The first kappa shape index (κ1) is 14.9. The van der Waals surface area contributed by atoms with Crippen LogP contribution in [0.4, 0.5) is 9.52 Å². The largest absolute Gasteiger partial charge is 0.300 e. The third-order valence-electron chi connectivity index (χ3n) is 2.70. The number of hydrogen-bond acceptors (Lipinski definition) is 4. The van der Waals surface area contributed by atoms with E-state index in [1.165, 1.54) is 23.5 Å². The van der Waals surface area contributed by atoms with E-state index in [1.807, 2.05) is 0 Å². The predicted molar refractivity (Wildman–Crippen MR) is 78.6 cm³/mol. The molecule has 20 heavy (non-hydrogen) atoms. The van der Waals surface area contributed by atoms with E-state index in [9.17, 15) is 9.18 Å². The number of halogens is 2. The molecule has 1 heterocycles. The number of nitrogens with one attached hydrogen (secondary N) is 1. The van der Waals surface area contributed by atoms with E-state index in [4.69, 9.17) is 11.6 Å².